The number of nitrogens with one attached hydrogen (secondary N) is 2. The van der Waals surface area contributed by atoms with E-state index in [2.05, 4.69) is 48.7 Å². The first-order valence-electron chi connectivity index (χ1n) is 6.40. The SMILES string of the molecule is CC(C)C(CNCCNC(N)=O)c1ccccc1. The molecule has 2 amide bonds. The summed E-state index contributed by atoms with van der Waals surface area (Å²) < 4.78 is 0. The van der Waals surface area contributed by atoms with E-state index < -0.39 is 6.03 Å². The summed E-state index contributed by atoms with van der Waals surface area (Å²) in [5.41, 5.74) is 6.35. The molecule has 0 saturated carbocycles. The molecule has 0 aromatic heterocycles. The molecule has 1 aromatic rings. The molecule has 0 radical (unpaired) electrons. The molecule has 4 nitrogen and oxygen atoms in total. The van der Waals surface area contributed by atoms with Gasteiger partial charge >= 0.3 is 6.03 Å². The summed E-state index contributed by atoms with van der Waals surface area (Å²) in [5.74, 6) is 1.06. The summed E-state index contributed by atoms with van der Waals surface area (Å²) in [6.45, 7) is 6.65. The smallest absolute Gasteiger partial charge is 0.312 e. The Labute approximate surface area is 109 Å². The summed E-state index contributed by atoms with van der Waals surface area (Å²) in [5, 5.41) is 5.91. The number of hydrogen-bond acceptors (Lipinski definition) is 2. The maximum absolute atomic E-state index is 10.5. The fourth-order valence-electron chi connectivity index (χ4n) is 1.97. The van der Waals surface area contributed by atoms with Crippen molar-refractivity contribution < 1.29 is 4.79 Å². The molecule has 0 aliphatic heterocycles. The average molecular weight is 249 g/mol. The van der Waals surface area contributed by atoms with E-state index in [0.717, 1.165) is 13.1 Å². The van der Waals surface area contributed by atoms with Crippen LogP contribution in [-0.2, 0) is 0 Å². The summed E-state index contributed by atoms with van der Waals surface area (Å²) in [6, 6.07) is 10.0. The molecule has 0 aliphatic carbocycles. The predicted molar refractivity (Wildman–Crippen MR) is 74.5 cm³/mol. The minimum absolute atomic E-state index is 0.472. The van der Waals surface area contributed by atoms with Crippen LogP contribution in [0.2, 0.25) is 0 Å². The number of urea groups is 1. The van der Waals surface area contributed by atoms with Gasteiger partial charge in [0.1, 0.15) is 0 Å². The number of hydrogen-bond donors (Lipinski definition) is 3. The molecule has 0 bridgehead atoms. The first-order chi connectivity index (χ1) is 8.61. The van der Waals surface area contributed by atoms with E-state index in [1.165, 1.54) is 5.56 Å². The predicted octanol–water partition coefficient (Wildman–Crippen LogP) is 1.68. The highest BCUT2D eigenvalue weighted by atomic mass is 16.2. The third-order valence-electron chi connectivity index (χ3n) is 3.00. The minimum atomic E-state index is -0.472. The van der Waals surface area contributed by atoms with E-state index in [-0.39, 0.29) is 0 Å². The number of benzene rings is 1. The molecule has 4 heteroatoms. The van der Waals surface area contributed by atoms with Crippen molar-refractivity contribution >= 4 is 6.03 Å². The van der Waals surface area contributed by atoms with Gasteiger partial charge in [-0.15, -0.1) is 0 Å². The lowest BCUT2D eigenvalue weighted by atomic mass is 9.88. The van der Waals surface area contributed by atoms with Gasteiger partial charge < -0.3 is 16.4 Å². The van der Waals surface area contributed by atoms with Crippen LogP contribution in [0.3, 0.4) is 0 Å². The molecular weight excluding hydrogens is 226 g/mol. The van der Waals surface area contributed by atoms with Gasteiger partial charge in [0.15, 0.2) is 0 Å². The van der Waals surface area contributed by atoms with Crippen molar-refractivity contribution in [1.29, 1.82) is 0 Å². The van der Waals surface area contributed by atoms with Gasteiger partial charge in [0.2, 0.25) is 0 Å². The van der Waals surface area contributed by atoms with Crippen LogP contribution in [-0.4, -0.2) is 25.7 Å². The van der Waals surface area contributed by atoms with Gasteiger partial charge in [-0.2, -0.15) is 0 Å². The number of nitrogens with two attached hydrogens (primary N) is 1. The van der Waals surface area contributed by atoms with E-state index in [1.54, 1.807) is 0 Å². The normalized spacial score (nSPS) is 12.4. The second-order valence-corrected chi connectivity index (χ2v) is 4.76. The van der Waals surface area contributed by atoms with Crippen molar-refractivity contribution in [3.8, 4) is 0 Å². The Morgan fingerprint density at radius 1 is 1.22 bits per heavy atom. The Morgan fingerprint density at radius 3 is 2.44 bits per heavy atom. The Morgan fingerprint density at radius 2 is 1.89 bits per heavy atom. The standard InChI is InChI=1S/C14H23N3O/c1-11(2)13(12-6-4-3-5-7-12)10-16-8-9-17-14(15)18/h3-7,11,13,16H,8-10H2,1-2H3,(H3,15,17,18). The molecule has 1 aromatic carbocycles. The molecule has 0 fully saturated rings. The van der Waals surface area contributed by atoms with Gasteiger partial charge in [0, 0.05) is 19.6 Å². The lowest BCUT2D eigenvalue weighted by molar-refractivity contribution is 0.249. The second kappa shape index (κ2) is 7.71. The highest BCUT2D eigenvalue weighted by Gasteiger charge is 2.14. The molecular formula is C14H23N3O. The highest BCUT2D eigenvalue weighted by Crippen LogP contribution is 2.23. The van der Waals surface area contributed by atoms with Crippen LogP contribution in [0.1, 0.15) is 25.3 Å². The van der Waals surface area contributed by atoms with E-state index >= 15 is 0 Å². The van der Waals surface area contributed by atoms with Gasteiger partial charge in [0.05, 0.1) is 0 Å². The number of carbonyl (C=O) groups is 1. The quantitative estimate of drug-likeness (QED) is 0.644. The Balaban J connectivity index is 2.38. The lowest BCUT2D eigenvalue weighted by Gasteiger charge is -2.22. The average Bonchev–Trinajstić information content (AvgIpc) is 2.34. The summed E-state index contributed by atoms with van der Waals surface area (Å²) in [4.78, 5) is 10.5. The van der Waals surface area contributed by atoms with Gasteiger partial charge in [-0.3, -0.25) is 0 Å². The van der Waals surface area contributed by atoms with Crippen LogP contribution in [0, 0.1) is 5.92 Å². The van der Waals surface area contributed by atoms with Crippen LogP contribution < -0.4 is 16.4 Å². The van der Waals surface area contributed by atoms with Crippen molar-refractivity contribution in [3.63, 3.8) is 0 Å². The fourth-order valence-corrected chi connectivity index (χ4v) is 1.97. The first-order valence-corrected chi connectivity index (χ1v) is 6.40. The maximum Gasteiger partial charge on any atom is 0.312 e. The van der Waals surface area contributed by atoms with Crippen molar-refractivity contribution in [2.75, 3.05) is 19.6 Å². The first kappa shape index (κ1) is 14.5. The molecule has 0 spiro atoms. The monoisotopic (exact) mass is 249 g/mol. The number of carbonyl (C=O) groups excluding carboxylic acids is 1. The van der Waals surface area contributed by atoms with Crippen molar-refractivity contribution in [3.05, 3.63) is 35.9 Å². The molecule has 100 valence electrons. The zero-order valence-electron chi connectivity index (χ0n) is 11.1. The summed E-state index contributed by atoms with van der Waals surface area (Å²) in [6.07, 6.45) is 0. The van der Waals surface area contributed by atoms with Crippen LogP contribution in [0.25, 0.3) is 0 Å². The zero-order valence-corrected chi connectivity index (χ0v) is 11.1. The highest BCUT2D eigenvalue weighted by molar-refractivity contribution is 5.71. The molecule has 0 aliphatic rings. The van der Waals surface area contributed by atoms with E-state index in [1.807, 2.05) is 6.07 Å². The van der Waals surface area contributed by atoms with Crippen LogP contribution >= 0.6 is 0 Å². The van der Waals surface area contributed by atoms with Crippen LogP contribution in [0.5, 0.6) is 0 Å². The molecule has 18 heavy (non-hydrogen) atoms. The van der Waals surface area contributed by atoms with E-state index in [4.69, 9.17) is 5.73 Å². The summed E-state index contributed by atoms with van der Waals surface area (Å²) in [7, 11) is 0. The molecule has 0 saturated heterocycles. The van der Waals surface area contributed by atoms with Crippen LogP contribution in [0.15, 0.2) is 30.3 Å². The fraction of sp³-hybridized carbons (Fsp3) is 0.500. The van der Waals surface area contributed by atoms with Gasteiger partial charge in [0.25, 0.3) is 0 Å². The van der Waals surface area contributed by atoms with Crippen molar-refractivity contribution in [1.82, 2.24) is 10.6 Å². The van der Waals surface area contributed by atoms with Crippen LogP contribution in [0.4, 0.5) is 4.79 Å². The minimum Gasteiger partial charge on any atom is -0.352 e. The Bertz CT molecular complexity index is 351. The Hall–Kier alpha value is -1.55. The van der Waals surface area contributed by atoms with E-state index in [9.17, 15) is 4.79 Å². The zero-order chi connectivity index (χ0) is 13.4. The number of primary amides is 1. The molecule has 1 atom stereocenters. The largest absolute Gasteiger partial charge is 0.352 e. The van der Waals surface area contributed by atoms with Gasteiger partial charge in [-0.1, -0.05) is 44.2 Å². The molecule has 4 N–H and O–H groups in total. The number of amides is 2. The topological polar surface area (TPSA) is 67.2 Å². The van der Waals surface area contributed by atoms with Crippen molar-refractivity contribution in [2.45, 2.75) is 19.8 Å². The molecule has 0 heterocycles. The lowest BCUT2D eigenvalue weighted by Crippen LogP contribution is -2.36. The van der Waals surface area contributed by atoms with Gasteiger partial charge in [-0.05, 0) is 17.4 Å². The van der Waals surface area contributed by atoms with Crippen molar-refractivity contribution in [2.24, 2.45) is 11.7 Å². The molecule has 1 unspecified atom stereocenters. The third kappa shape index (κ3) is 5.19. The second-order valence-electron chi connectivity index (χ2n) is 4.76. The third-order valence-corrected chi connectivity index (χ3v) is 3.00. The van der Waals surface area contributed by atoms with E-state index in [0.29, 0.717) is 18.4 Å². The Kier molecular flexibility index (Phi) is 6.22. The van der Waals surface area contributed by atoms with Gasteiger partial charge in [-0.25, -0.2) is 4.79 Å². The maximum atomic E-state index is 10.5. The summed E-state index contributed by atoms with van der Waals surface area (Å²) >= 11 is 0. The molecule has 1 rings (SSSR count). The number of rotatable bonds is 7.